The minimum atomic E-state index is -0.287. The first-order valence-corrected chi connectivity index (χ1v) is 10.7. The number of carbonyl (C=O) groups is 1. The Morgan fingerprint density at radius 3 is 2.58 bits per heavy atom. The molecule has 0 unspecified atom stereocenters. The van der Waals surface area contributed by atoms with E-state index in [2.05, 4.69) is 22.5 Å². The molecule has 31 heavy (non-hydrogen) atoms. The summed E-state index contributed by atoms with van der Waals surface area (Å²) >= 11 is 17.7. The summed E-state index contributed by atoms with van der Waals surface area (Å²) in [7, 11) is 0. The lowest BCUT2D eigenvalue weighted by Crippen LogP contribution is -2.34. The van der Waals surface area contributed by atoms with Crippen LogP contribution >= 0.6 is 35.4 Å². The maximum Gasteiger partial charge on any atom is 0.257 e. The molecule has 156 valence electrons. The van der Waals surface area contributed by atoms with Crippen molar-refractivity contribution < 1.29 is 9.21 Å². The summed E-state index contributed by atoms with van der Waals surface area (Å²) in [5.41, 5.74) is 4.14. The second kappa shape index (κ2) is 9.06. The van der Waals surface area contributed by atoms with Gasteiger partial charge in [0, 0.05) is 16.3 Å². The number of nitrogens with zero attached hydrogens (tertiary/aromatic N) is 1. The van der Waals surface area contributed by atoms with Crippen molar-refractivity contribution in [2.75, 3.05) is 5.32 Å². The van der Waals surface area contributed by atoms with Crippen LogP contribution in [0.3, 0.4) is 0 Å². The number of thiocarbonyl (C=S) groups is 1. The number of anilines is 1. The van der Waals surface area contributed by atoms with Crippen LogP contribution in [-0.2, 0) is 6.42 Å². The number of hydrogen-bond donors (Lipinski definition) is 2. The number of aryl methyl sites for hydroxylation is 1. The van der Waals surface area contributed by atoms with Crippen molar-refractivity contribution in [1.29, 1.82) is 0 Å². The summed E-state index contributed by atoms with van der Waals surface area (Å²) in [6.45, 7) is 2.06. The number of fused-ring (bicyclic) bond motifs is 1. The van der Waals surface area contributed by atoms with Gasteiger partial charge in [-0.1, -0.05) is 42.3 Å². The second-order valence-corrected chi connectivity index (χ2v) is 8.04. The number of benzene rings is 3. The molecule has 1 amide bonds. The monoisotopic (exact) mass is 469 g/mol. The highest BCUT2D eigenvalue weighted by Gasteiger charge is 2.14. The molecule has 0 atom stereocenters. The quantitative estimate of drug-likeness (QED) is 0.334. The number of nitrogens with one attached hydrogen (secondary N) is 2. The molecule has 0 aliphatic heterocycles. The van der Waals surface area contributed by atoms with Crippen molar-refractivity contribution >= 4 is 63.2 Å². The van der Waals surface area contributed by atoms with E-state index in [1.807, 2.05) is 12.1 Å². The van der Waals surface area contributed by atoms with Crippen molar-refractivity contribution in [1.82, 2.24) is 10.3 Å². The molecule has 4 aromatic rings. The number of halogens is 2. The minimum absolute atomic E-state index is 0.169. The average molecular weight is 470 g/mol. The fourth-order valence-corrected chi connectivity index (χ4v) is 3.59. The number of amides is 1. The van der Waals surface area contributed by atoms with Gasteiger partial charge in [0.25, 0.3) is 5.91 Å². The predicted molar refractivity (Wildman–Crippen MR) is 129 cm³/mol. The molecule has 0 saturated carbocycles. The molecule has 0 aliphatic rings. The predicted octanol–water partition coefficient (Wildman–Crippen LogP) is 6.49. The molecule has 4 rings (SSSR count). The van der Waals surface area contributed by atoms with Crippen LogP contribution in [-0.4, -0.2) is 16.0 Å². The van der Waals surface area contributed by atoms with Crippen LogP contribution in [0.15, 0.2) is 65.1 Å². The summed E-state index contributed by atoms with van der Waals surface area (Å²) in [6, 6.07) is 17.8. The van der Waals surface area contributed by atoms with E-state index in [0.29, 0.717) is 43.9 Å². The van der Waals surface area contributed by atoms with Gasteiger partial charge >= 0.3 is 0 Å². The van der Waals surface area contributed by atoms with E-state index >= 15 is 0 Å². The normalized spacial score (nSPS) is 10.8. The van der Waals surface area contributed by atoms with Gasteiger partial charge in [0.15, 0.2) is 10.7 Å². The highest BCUT2D eigenvalue weighted by Crippen LogP contribution is 2.33. The first-order valence-electron chi connectivity index (χ1n) is 9.50. The zero-order chi connectivity index (χ0) is 22.0. The molecule has 0 spiro atoms. The smallest absolute Gasteiger partial charge is 0.257 e. The van der Waals surface area contributed by atoms with Gasteiger partial charge in [-0.3, -0.25) is 10.1 Å². The Balaban J connectivity index is 1.50. The number of oxazole rings is 1. The molecule has 0 saturated heterocycles. The van der Waals surface area contributed by atoms with E-state index in [0.717, 1.165) is 12.0 Å². The van der Waals surface area contributed by atoms with Crippen molar-refractivity contribution in [3.63, 3.8) is 0 Å². The fourth-order valence-electron chi connectivity index (χ4n) is 3.01. The lowest BCUT2D eigenvalue weighted by molar-refractivity contribution is 0.0977. The van der Waals surface area contributed by atoms with Gasteiger partial charge in [-0.15, -0.1) is 0 Å². The van der Waals surface area contributed by atoms with Gasteiger partial charge in [-0.05, 0) is 72.7 Å². The third-order valence-corrected chi connectivity index (χ3v) is 5.42. The lowest BCUT2D eigenvalue weighted by atomic mass is 10.1. The van der Waals surface area contributed by atoms with Gasteiger partial charge in [-0.25, -0.2) is 4.98 Å². The summed E-state index contributed by atoms with van der Waals surface area (Å²) in [5.74, 6) is 0.0713. The Morgan fingerprint density at radius 2 is 1.84 bits per heavy atom. The van der Waals surface area contributed by atoms with Gasteiger partial charge in [-0.2, -0.15) is 0 Å². The Labute approximate surface area is 194 Å². The fraction of sp³-hybridized carbons (Fsp3) is 0.0870. The van der Waals surface area contributed by atoms with Crippen molar-refractivity contribution in [2.45, 2.75) is 13.3 Å². The molecule has 0 aliphatic carbocycles. The van der Waals surface area contributed by atoms with E-state index < -0.39 is 0 Å². The van der Waals surface area contributed by atoms with E-state index in [1.54, 1.807) is 48.5 Å². The molecule has 1 heterocycles. The zero-order valence-corrected chi connectivity index (χ0v) is 18.7. The highest BCUT2D eigenvalue weighted by atomic mass is 35.5. The average Bonchev–Trinajstić information content (AvgIpc) is 3.18. The molecule has 2 N–H and O–H groups in total. The molecular formula is C23H17Cl2N3O2S. The maximum atomic E-state index is 12.4. The Hall–Kier alpha value is -2.93. The Morgan fingerprint density at radius 1 is 1.06 bits per heavy atom. The van der Waals surface area contributed by atoms with Crippen LogP contribution in [0.25, 0.3) is 22.6 Å². The minimum Gasteiger partial charge on any atom is -0.436 e. The standard InChI is InChI=1S/C23H17Cl2N3O2S/c1-2-13-3-5-14(6-4-13)21(29)28-23(31)26-16-8-9-18(25)17(12-16)22-27-19-11-15(24)7-10-20(19)30-22/h3-12H,2H2,1H3,(H2,26,28,29,31). The number of carbonyl (C=O) groups excluding carboxylic acids is 1. The topological polar surface area (TPSA) is 67.2 Å². The third kappa shape index (κ3) is 4.88. The Bertz CT molecular complexity index is 1290. The maximum absolute atomic E-state index is 12.4. The SMILES string of the molecule is CCc1ccc(C(=O)NC(=S)Nc2ccc(Cl)c(-c3nc4cc(Cl)ccc4o3)c2)cc1. The van der Waals surface area contributed by atoms with E-state index in [9.17, 15) is 4.79 Å². The summed E-state index contributed by atoms with van der Waals surface area (Å²) < 4.78 is 5.81. The van der Waals surface area contributed by atoms with Crippen LogP contribution < -0.4 is 10.6 Å². The van der Waals surface area contributed by atoms with E-state index in [-0.39, 0.29) is 11.0 Å². The molecule has 5 nitrogen and oxygen atoms in total. The molecule has 0 radical (unpaired) electrons. The van der Waals surface area contributed by atoms with Crippen LogP contribution in [0.4, 0.5) is 5.69 Å². The van der Waals surface area contributed by atoms with Crippen LogP contribution in [0, 0.1) is 0 Å². The van der Waals surface area contributed by atoms with Gasteiger partial charge < -0.3 is 9.73 Å². The molecule has 8 heteroatoms. The number of hydrogen-bond acceptors (Lipinski definition) is 4. The van der Waals surface area contributed by atoms with Crippen molar-refractivity contribution in [2.24, 2.45) is 0 Å². The second-order valence-electron chi connectivity index (χ2n) is 6.78. The lowest BCUT2D eigenvalue weighted by Gasteiger charge is -2.11. The van der Waals surface area contributed by atoms with Gasteiger partial charge in [0.1, 0.15) is 5.52 Å². The van der Waals surface area contributed by atoms with Crippen LogP contribution in [0.5, 0.6) is 0 Å². The Kier molecular flexibility index (Phi) is 6.23. The van der Waals surface area contributed by atoms with E-state index in [4.69, 9.17) is 39.8 Å². The van der Waals surface area contributed by atoms with Crippen molar-refractivity contribution in [3.8, 4) is 11.5 Å². The van der Waals surface area contributed by atoms with E-state index in [1.165, 1.54) is 0 Å². The molecule has 0 fully saturated rings. The highest BCUT2D eigenvalue weighted by molar-refractivity contribution is 7.80. The third-order valence-electron chi connectivity index (χ3n) is 4.66. The largest absolute Gasteiger partial charge is 0.436 e. The van der Waals surface area contributed by atoms with Crippen LogP contribution in [0.2, 0.25) is 10.0 Å². The summed E-state index contributed by atoms with van der Waals surface area (Å²) in [5, 5.41) is 6.88. The zero-order valence-electron chi connectivity index (χ0n) is 16.4. The molecular weight excluding hydrogens is 453 g/mol. The summed E-state index contributed by atoms with van der Waals surface area (Å²) in [4.78, 5) is 16.9. The van der Waals surface area contributed by atoms with Gasteiger partial charge in [0.2, 0.25) is 5.89 Å². The molecule has 0 bridgehead atoms. The number of rotatable bonds is 4. The molecule has 3 aromatic carbocycles. The first-order chi connectivity index (χ1) is 14.9. The summed E-state index contributed by atoms with van der Waals surface area (Å²) in [6.07, 6.45) is 0.911. The van der Waals surface area contributed by atoms with Crippen molar-refractivity contribution in [3.05, 3.63) is 81.8 Å². The molecule has 1 aromatic heterocycles. The number of aromatic nitrogens is 1. The van der Waals surface area contributed by atoms with Gasteiger partial charge in [0.05, 0.1) is 10.6 Å². The first kappa shape index (κ1) is 21.3. The van der Waals surface area contributed by atoms with Crippen LogP contribution in [0.1, 0.15) is 22.8 Å².